The standard InChI is InChI=1S/C23H19N3O2S/c1-14-8-10-24-13-17(14)23-26-19-12-15(6-7-21(19)29-23)22(27)25-18-9-11-28-20-5-3-2-4-16(18)20/h2-8,10,12-13,18H,9,11H2,1H3,(H,25,27). The van der Waals surface area contributed by atoms with E-state index in [1.165, 1.54) is 0 Å². The third kappa shape index (κ3) is 3.36. The molecule has 5 nitrogen and oxygen atoms in total. The summed E-state index contributed by atoms with van der Waals surface area (Å²) in [6.07, 6.45) is 4.37. The van der Waals surface area contributed by atoms with E-state index in [0.717, 1.165) is 44.1 Å². The van der Waals surface area contributed by atoms with Gasteiger partial charge in [-0.3, -0.25) is 9.78 Å². The van der Waals surface area contributed by atoms with Crippen LogP contribution in [0, 0.1) is 6.92 Å². The minimum absolute atomic E-state index is 0.0489. The Morgan fingerprint density at radius 1 is 1.21 bits per heavy atom. The molecule has 1 atom stereocenters. The van der Waals surface area contributed by atoms with Crippen molar-refractivity contribution in [2.45, 2.75) is 19.4 Å². The van der Waals surface area contributed by atoms with Gasteiger partial charge < -0.3 is 10.1 Å². The number of carbonyl (C=O) groups excluding carboxylic acids is 1. The van der Waals surface area contributed by atoms with Gasteiger partial charge in [-0.1, -0.05) is 18.2 Å². The van der Waals surface area contributed by atoms with Gasteiger partial charge in [0.05, 0.1) is 22.9 Å². The van der Waals surface area contributed by atoms with Crippen LogP contribution in [-0.4, -0.2) is 22.5 Å². The van der Waals surface area contributed by atoms with Crippen LogP contribution in [-0.2, 0) is 0 Å². The molecule has 6 heteroatoms. The number of hydrogen-bond acceptors (Lipinski definition) is 5. The van der Waals surface area contributed by atoms with Gasteiger partial charge >= 0.3 is 0 Å². The van der Waals surface area contributed by atoms with Crippen molar-refractivity contribution < 1.29 is 9.53 Å². The summed E-state index contributed by atoms with van der Waals surface area (Å²) in [5, 5.41) is 4.07. The first-order valence-corrected chi connectivity index (χ1v) is 10.3. The number of hydrogen-bond donors (Lipinski definition) is 1. The van der Waals surface area contributed by atoms with Crippen molar-refractivity contribution in [1.82, 2.24) is 15.3 Å². The van der Waals surface area contributed by atoms with Crippen molar-refractivity contribution in [2.24, 2.45) is 0 Å². The van der Waals surface area contributed by atoms with E-state index >= 15 is 0 Å². The largest absolute Gasteiger partial charge is 0.493 e. The molecule has 3 heterocycles. The number of aryl methyl sites for hydroxylation is 1. The zero-order valence-corrected chi connectivity index (χ0v) is 16.7. The average Bonchev–Trinajstić information content (AvgIpc) is 3.17. The predicted molar refractivity (Wildman–Crippen MR) is 114 cm³/mol. The van der Waals surface area contributed by atoms with Crippen LogP contribution in [0.5, 0.6) is 5.75 Å². The summed E-state index contributed by atoms with van der Waals surface area (Å²) >= 11 is 1.61. The molecule has 144 valence electrons. The molecule has 0 fully saturated rings. The molecule has 2 aromatic heterocycles. The monoisotopic (exact) mass is 401 g/mol. The lowest BCUT2D eigenvalue weighted by Crippen LogP contribution is -2.32. The van der Waals surface area contributed by atoms with Crippen LogP contribution < -0.4 is 10.1 Å². The number of para-hydroxylation sites is 1. The van der Waals surface area contributed by atoms with Crippen molar-refractivity contribution in [2.75, 3.05) is 6.61 Å². The second kappa shape index (κ2) is 7.29. The molecule has 4 aromatic rings. The SMILES string of the molecule is Cc1ccncc1-c1nc2cc(C(=O)NC3CCOc4ccccc43)ccc2s1. The van der Waals surface area contributed by atoms with Crippen LogP contribution in [0.4, 0.5) is 0 Å². The van der Waals surface area contributed by atoms with Crippen molar-refractivity contribution in [1.29, 1.82) is 0 Å². The number of amides is 1. The fourth-order valence-electron chi connectivity index (χ4n) is 3.61. The highest BCUT2D eigenvalue weighted by molar-refractivity contribution is 7.21. The fraction of sp³-hybridized carbons (Fsp3) is 0.174. The van der Waals surface area contributed by atoms with Crippen LogP contribution >= 0.6 is 11.3 Å². The van der Waals surface area contributed by atoms with Gasteiger partial charge in [-0.2, -0.15) is 0 Å². The maximum Gasteiger partial charge on any atom is 0.251 e. The molecule has 0 spiro atoms. The number of fused-ring (bicyclic) bond motifs is 2. The highest BCUT2D eigenvalue weighted by Gasteiger charge is 2.23. The summed E-state index contributed by atoms with van der Waals surface area (Å²) in [6.45, 7) is 2.65. The summed E-state index contributed by atoms with van der Waals surface area (Å²) in [5.41, 5.74) is 4.62. The summed E-state index contributed by atoms with van der Waals surface area (Å²) in [7, 11) is 0. The Bertz CT molecular complexity index is 1220. The van der Waals surface area contributed by atoms with Crippen molar-refractivity contribution in [3.05, 3.63) is 77.6 Å². The molecule has 1 amide bonds. The molecule has 2 aromatic carbocycles. The first-order chi connectivity index (χ1) is 14.2. The molecule has 0 saturated carbocycles. The Morgan fingerprint density at radius 2 is 2.10 bits per heavy atom. The quantitative estimate of drug-likeness (QED) is 0.529. The van der Waals surface area contributed by atoms with Gasteiger partial charge in [-0.05, 0) is 42.8 Å². The lowest BCUT2D eigenvalue weighted by molar-refractivity contribution is 0.0925. The third-order valence-corrected chi connectivity index (χ3v) is 6.25. The highest BCUT2D eigenvalue weighted by Crippen LogP contribution is 2.33. The topological polar surface area (TPSA) is 64.1 Å². The van der Waals surface area contributed by atoms with Crippen molar-refractivity contribution in [3.8, 4) is 16.3 Å². The number of carbonyl (C=O) groups is 1. The fourth-order valence-corrected chi connectivity index (χ4v) is 4.63. The maximum absolute atomic E-state index is 12.9. The first kappa shape index (κ1) is 17.8. The lowest BCUT2D eigenvalue weighted by atomic mass is 10.00. The zero-order chi connectivity index (χ0) is 19.8. The van der Waals surface area contributed by atoms with E-state index in [1.807, 2.05) is 61.7 Å². The Hall–Kier alpha value is -3.25. The summed E-state index contributed by atoms with van der Waals surface area (Å²) in [5.74, 6) is 0.746. The Balaban J connectivity index is 1.42. The summed E-state index contributed by atoms with van der Waals surface area (Å²) in [6, 6.07) is 15.5. The van der Waals surface area contributed by atoms with Gasteiger partial charge in [0.15, 0.2) is 0 Å². The van der Waals surface area contributed by atoms with E-state index in [-0.39, 0.29) is 11.9 Å². The molecule has 29 heavy (non-hydrogen) atoms. The van der Waals surface area contributed by atoms with E-state index < -0.39 is 0 Å². The lowest BCUT2D eigenvalue weighted by Gasteiger charge is -2.26. The van der Waals surface area contributed by atoms with Crippen LogP contribution in [0.2, 0.25) is 0 Å². The summed E-state index contributed by atoms with van der Waals surface area (Å²) in [4.78, 5) is 21.9. The molecule has 5 rings (SSSR count). The molecule has 1 N–H and O–H groups in total. The number of benzene rings is 2. The van der Waals surface area contributed by atoms with Gasteiger partial charge in [-0.25, -0.2) is 4.98 Å². The predicted octanol–water partition coefficient (Wildman–Crippen LogP) is 4.92. The average molecular weight is 401 g/mol. The normalized spacial score (nSPS) is 15.6. The van der Waals surface area contributed by atoms with Crippen LogP contribution in [0.3, 0.4) is 0 Å². The molecular weight excluding hydrogens is 382 g/mol. The Labute approximate surface area is 172 Å². The smallest absolute Gasteiger partial charge is 0.251 e. The van der Waals surface area contributed by atoms with Gasteiger partial charge in [-0.15, -0.1) is 11.3 Å². The first-order valence-electron chi connectivity index (χ1n) is 9.53. The number of pyridine rings is 1. The minimum Gasteiger partial charge on any atom is -0.493 e. The molecule has 0 saturated heterocycles. The number of nitrogens with zero attached hydrogens (tertiary/aromatic N) is 2. The van der Waals surface area contributed by atoms with E-state index in [2.05, 4.69) is 10.3 Å². The van der Waals surface area contributed by atoms with E-state index in [1.54, 1.807) is 17.5 Å². The van der Waals surface area contributed by atoms with Gasteiger partial charge in [0.25, 0.3) is 5.91 Å². The number of rotatable bonds is 3. The number of nitrogens with one attached hydrogen (secondary N) is 1. The molecule has 1 aliphatic heterocycles. The molecule has 0 radical (unpaired) electrons. The summed E-state index contributed by atoms with van der Waals surface area (Å²) < 4.78 is 6.74. The van der Waals surface area contributed by atoms with Crippen molar-refractivity contribution >= 4 is 27.5 Å². The molecule has 1 unspecified atom stereocenters. The number of thiazole rings is 1. The maximum atomic E-state index is 12.9. The van der Waals surface area contributed by atoms with Crippen molar-refractivity contribution in [3.63, 3.8) is 0 Å². The second-order valence-corrected chi connectivity index (χ2v) is 8.12. The molecule has 0 bridgehead atoms. The van der Waals surface area contributed by atoms with Gasteiger partial charge in [0, 0.05) is 35.5 Å². The minimum atomic E-state index is -0.0966. The molecular formula is C23H19N3O2S. The Morgan fingerprint density at radius 3 is 3.00 bits per heavy atom. The molecule has 0 aliphatic carbocycles. The number of aromatic nitrogens is 2. The zero-order valence-electron chi connectivity index (χ0n) is 15.9. The van der Waals surface area contributed by atoms with Gasteiger partial charge in [0.1, 0.15) is 10.8 Å². The number of ether oxygens (including phenoxy) is 1. The van der Waals surface area contributed by atoms with Crippen LogP contribution in [0.25, 0.3) is 20.8 Å². The van der Waals surface area contributed by atoms with E-state index in [9.17, 15) is 4.79 Å². The second-order valence-electron chi connectivity index (χ2n) is 7.09. The van der Waals surface area contributed by atoms with Gasteiger partial charge in [0.2, 0.25) is 0 Å². The van der Waals surface area contributed by atoms with Crippen LogP contribution in [0.15, 0.2) is 60.9 Å². The third-order valence-electron chi connectivity index (χ3n) is 5.18. The Kier molecular flexibility index (Phi) is 4.48. The molecule has 1 aliphatic rings. The van der Waals surface area contributed by atoms with E-state index in [0.29, 0.717) is 12.2 Å². The van der Waals surface area contributed by atoms with E-state index in [4.69, 9.17) is 9.72 Å². The highest BCUT2D eigenvalue weighted by atomic mass is 32.1. The van der Waals surface area contributed by atoms with Crippen LogP contribution in [0.1, 0.15) is 33.9 Å².